The second-order valence-electron chi connectivity index (χ2n) is 5.41. The van der Waals surface area contributed by atoms with Crippen LogP contribution in [0.1, 0.15) is 25.1 Å². The molecule has 0 spiro atoms. The van der Waals surface area contributed by atoms with Gasteiger partial charge in [0.25, 0.3) is 0 Å². The Morgan fingerprint density at radius 1 is 1.32 bits per heavy atom. The molecule has 0 fully saturated rings. The molecule has 0 aliphatic heterocycles. The number of carbonyl (C=O) groups is 1. The second-order valence-corrected chi connectivity index (χ2v) is 5.41. The number of anilines is 1. The molecule has 6 heteroatoms. The average Bonchev–Trinajstić information content (AvgIpc) is 2.75. The van der Waals surface area contributed by atoms with Gasteiger partial charge in [0.05, 0.1) is 11.8 Å². The molecule has 0 radical (unpaired) electrons. The predicted molar refractivity (Wildman–Crippen MR) is 86.0 cm³/mol. The number of ether oxygens (including phenoxy) is 1. The summed E-state index contributed by atoms with van der Waals surface area (Å²) in [4.78, 5) is 11.9. The molecule has 1 aromatic carbocycles. The molecule has 1 heterocycles. The third kappa shape index (κ3) is 4.51. The van der Waals surface area contributed by atoms with Gasteiger partial charge in [0.2, 0.25) is 0 Å². The number of aromatic nitrogens is 2. The number of nitrogens with zero attached hydrogens (tertiary/aromatic N) is 2. The van der Waals surface area contributed by atoms with Gasteiger partial charge in [-0.25, -0.2) is 4.79 Å². The van der Waals surface area contributed by atoms with Gasteiger partial charge in [-0.15, -0.1) is 0 Å². The number of carbonyl (C=O) groups excluding carboxylic acids is 1. The quantitative estimate of drug-likeness (QED) is 0.892. The maximum atomic E-state index is 11.9. The van der Waals surface area contributed by atoms with Crippen LogP contribution in [0.2, 0.25) is 0 Å². The van der Waals surface area contributed by atoms with Crippen LogP contribution in [0, 0.1) is 6.92 Å². The summed E-state index contributed by atoms with van der Waals surface area (Å²) in [5.74, 6) is 1.49. The summed E-state index contributed by atoms with van der Waals surface area (Å²) in [7, 11) is 1.79. The van der Waals surface area contributed by atoms with Crippen molar-refractivity contribution in [1.29, 1.82) is 0 Å². The van der Waals surface area contributed by atoms with Crippen LogP contribution in [0.5, 0.6) is 5.75 Å². The Morgan fingerprint density at radius 3 is 2.55 bits per heavy atom. The highest BCUT2D eigenvalue weighted by molar-refractivity contribution is 5.88. The molecule has 2 rings (SSSR count). The van der Waals surface area contributed by atoms with Gasteiger partial charge in [0.1, 0.15) is 11.6 Å². The van der Waals surface area contributed by atoms with E-state index in [1.54, 1.807) is 11.7 Å². The summed E-state index contributed by atoms with van der Waals surface area (Å²) in [6, 6.07) is 9.24. The van der Waals surface area contributed by atoms with Crippen molar-refractivity contribution in [2.24, 2.45) is 7.05 Å². The molecule has 0 aliphatic rings. The lowest BCUT2D eigenvalue weighted by molar-refractivity contribution is 0.242. The summed E-state index contributed by atoms with van der Waals surface area (Å²) < 4.78 is 7.21. The van der Waals surface area contributed by atoms with Crippen LogP contribution < -0.4 is 15.4 Å². The van der Waals surface area contributed by atoms with Gasteiger partial charge in [-0.1, -0.05) is 12.1 Å². The molecule has 0 bridgehead atoms. The van der Waals surface area contributed by atoms with Crippen molar-refractivity contribution in [3.05, 3.63) is 41.6 Å². The molecule has 0 saturated carbocycles. The molecule has 2 N–H and O–H groups in total. The molecule has 2 aromatic rings. The SMILES string of the molecule is Cc1cc(NC(=O)NCc2ccc(OC(C)C)cc2)n(C)n1. The summed E-state index contributed by atoms with van der Waals surface area (Å²) in [5, 5.41) is 9.75. The Bertz CT molecular complexity index is 632. The fourth-order valence-electron chi connectivity index (χ4n) is 2.03. The van der Waals surface area contributed by atoms with E-state index in [4.69, 9.17) is 4.74 Å². The predicted octanol–water partition coefficient (Wildman–Crippen LogP) is 2.84. The molecule has 0 saturated heterocycles. The highest BCUT2D eigenvalue weighted by Gasteiger charge is 2.06. The summed E-state index contributed by atoms with van der Waals surface area (Å²) in [5.41, 5.74) is 1.87. The van der Waals surface area contributed by atoms with Gasteiger partial charge in [-0.3, -0.25) is 10.00 Å². The van der Waals surface area contributed by atoms with E-state index in [9.17, 15) is 4.79 Å². The average molecular weight is 302 g/mol. The maximum Gasteiger partial charge on any atom is 0.320 e. The van der Waals surface area contributed by atoms with E-state index in [0.717, 1.165) is 17.0 Å². The van der Waals surface area contributed by atoms with Gasteiger partial charge >= 0.3 is 6.03 Å². The van der Waals surface area contributed by atoms with Gasteiger partial charge in [0, 0.05) is 19.7 Å². The summed E-state index contributed by atoms with van der Waals surface area (Å²) >= 11 is 0. The minimum atomic E-state index is -0.259. The van der Waals surface area contributed by atoms with Gasteiger partial charge in [-0.05, 0) is 38.5 Å². The number of hydrogen-bond acceptors (Lipinski definition) is 3. The highest BCUT2D eigenvalue weighted by atomic mass is 16.5. The number of benzene rings is 1. The monoisotopic (exact) mass is 302 g/mol. The lowest BCUT2D eigenvalue weighted by Crippen LogP contribution is -2.29. The number of nitrogens with one attached hydrogen (secondary N) is 2. The normalized spacial score (nSPS) is 10.6. The van der Waals surface area contributed by atoms with Gasteiger partial charge < -0.3 is 10.1 Å². The lowest BCUT2D eigenvalue weighted by Gasteiger charge is -2.11. The highest BCUT2D eigenvalue weighted by Crippen LogP contribution is 2.14. The van der Waals surface area contributed by atoms with E-state index in [0.29, 0.717) is 12.4 Å². The van der Waals surface area contributed by atoms with Crippen molar-refractivity contribution < 1.29 is 9.53 Å². The maximum absolute atomic E-state index is 11.9. The zero-order valence-corrected chi connectivity index (χ0v) is 13.4. The van der Waals surface area contributed by atoms with Crippen molar-refractivity contribution >= 4 is 11.8 Å². The number of rotatable bonds is 5. The summed E-state index contributed by atoms with van der Waals surface area (Å²) in [6.45, 7) is 6.30. The largest absolute Gasteiger partial charge is 0.491 e. The molecule has 0 aliphatic carbocycles. The van der Waals surface area contributed by atoms with Crippen LogP contribution in [-0.4, -0.2) is 21.9 Å². The number of hydrogen-bond donors (Lipinski definition) is 2. The van der Waals surface area contributed by atoms with E-state index in [2.05, 4.69) is 15.7 Å². The van der Waals surface area contributed by atoms with E-state index in [1.165, 1.54) is 0 Å². The van der Waals surface area contributed by atoms with Crippen molar-refractivity contribution in [2.45, 2.75) is 33.4 Å². The topological polar surface area (TPSA) is 68.2 Å². The fraction of sp³-hybridized carbons (Fsp3) is 0.375. The minimum absolute atomic E-state index is 0.150. The Balaban J connectivity index is 1.84. The van der Waals surface area contributed by atoms with Crippen LogP contribution in [0.25, 0.3) is 0 Å². The molecule has 0 atom stereocenters. The number of urea groups is 1. The minimum Gasteiger partial charge on any atom is -0.491 e. The first-order valence-electron chi connectivity index (χ1n) is 7.25. The van der Waals surface area contributed by atoms with Crippen LogP contribution >= 0.6 is 0 Å². The zero-order chi connectivity index (χ0) is 16.1. The van der Waals surface area contributed by atoms with Crippen molar-refractivity contribution in [2.75, 3.05) is 5.32 Å². The standard InChI is InChI=1S/C16H22N4O2/c1-11(2)22-14-7-5-13(6-8-14)10-17-16(21)18-15-9-12(3)19-20(15)4/h5-9,11H,10H2,1-4H3,(H2,17,18,21). The first-order chi connectivity index (χ1) is 10.4. The lowest BCUT2D eigenvalue weighted by atomic mass is 10.2. The van der Waals surface area contributed by atoms with E-state index >= 15 is 0 Å². The van der Waals surface area contributed by atoms with E-state index < -0.39 is 0 Å². The Morgan fingerprint density at radius 2 is 2.00 bits per heavy atom. The van der Waals surface area contributed by atoms with Crippen molar-refractivity contribution in [3.63, 3.8) is 0 Å². The van der Waals surface area contributed by atoms with Crippen LogP contribution in [0.3, 0.4) is 0 Å². The fourth-order valence-corrected chi connectivity index (χ4v) is 2.03. The van der Waals surface area contributed by atoms with Crippen LogP contribution in [-0.2, 0) is 13.6 Å². The Labute approximate surface area is 130 Å². The molecular weight excluding hydrogens is 280 g/mol. The van der Waals surface area contributed by atoms with Gasteiger partial charge in [0.15, 0.2) is 0 Å². The zero-order valence-electron chi connectivity index (χ0n) is 13.4. The Hall–Kier alpha value is -2.50. The molecule has 1 aromatic heterocycles. The first kappa shape index (κ1) is 15.9. The van der Waals surface area contributed by atoms with E-state index in [-0.39, 0.29) is 12.1 Å². The smallest absolute Gasteiger partial charge is 0.320 e. The third-order valence-electron chi connectivity index (χ3n) is 2.99. The molecular formula is C16H22N4O2. The Kier molecular flexibility index (Phi) is 5.04. The molecule has 0 unspecified atom stereocenters. The second kappa shape index (κ2) is 6.98. The molecule has 2 amide bonds. The molecule has 6 nitrogen and oxygen atoms in total. The molecule has 118 valence electrons. The van der Waals surface area contributed by atoms with E-state index in [1.807, 2.05) is 51.1 Å². The first-order valence-corrected chi connectivity index (χ1v) is 7.25. The third-order valence-corrected chi connectivity index (χ3v) is 2.99. The van der Waals surface area contributed by atoms with Gasteiger partial charge in [-0.2, -0.15) is 5.10 Å². The van der Waals surface area contributed by atoms with Crippen LogP contribution in [0.15, 0.2) is 30.3 Å². The van der Waals surface area contributed by atoms with Crippen LogP contribution in [0.4, 0.5) is 10.6 Å². The van der Waals surface area contributed by atoms with Crippen molar-refractivity contribution in [3.8, 4) is 5.75 Å². The van der Waals surface area contributed by atoms with Crippen molar-refractivity contribution in [1.82, 2.24) is 15.1 Å². The summed E-state index contributed by atoms with van der Waals surface area (Å²) in [6.07, 6.45) is 0.150. The number of amides is 2. The molecule has 22 heavy (non-hydrogen) atoms. The number of aryl methyl sites for hydroxylation is 2.